The third-order valence-electron chi connectivity index (χ3n) is 21.2. The van der Waals surface area contributed by atoms with E-state index in [1.165, 1.54) is 50.1 Å². The Morgan fingerprint density at radius 3 is 1.01 bits per heavy atom. The molecule has 0 spiro atoms. The number of hydrogen-bond acceptors (Lipinski definition) is 7. The zero-order valence-corrected chi connectivity index (χ0v) is 46.5. The first-order chi connectivity index (χ1) is 33.9. The first-order valence-corrected chi connectivity index (χ1v) is 28.4. The van der Waals surface area contributed by atoms with Gasteiger partial charge in [-0.1, -0.05) is 117 Å². The van der Waals surface area contributed by atoms with Crippen LogP contribution in [0.5, 0.6) is 0 Å². The lowest BCUT2D eigenvalue weighted by Gasteiger charge is -2.52. The van der Waals surface area contributed by atoms with Crippen molar-refractivity contribution in [3.63, 3.8) is 0 Å². The Morgan fingerprint density at radius 2 is 0.764 bits per heavy atom. The largest absolute Gasteiger partial charge is 0.464 e. The Morgan fingerprint density at radius 1 is 0.486 bits per heavy atom. The number of carbonyl (C=O) groups is 3. The van der Waals surface area contributed by atoms with Crippen molar-refractivity contribution in [3.05, 3.63) is 105 Å². The first kappa shape index (κ1) is 52.9. The summed E-state index contributed by atoms with van der Waals surface area (Å²) in [5.41, 5.74) is 9.20. The Kier molecular flexibility index (Phi) is 14.2. The van der Waals surface area contributed by atoms with Gasteiger partial charge < -0.3 is 19.3 Å². The maximum atomic E-state index is 14.6. The van der Waals surface area contributed by atoms with E-state index >= 15 is 0 Å². The molecule has 3 saturated carbocycles. The predicted molar refractivity (Wildman–Crippen MR) is 287 cm³/mol. The molecule has 1 N–H and O–H groups in total. The number of fused-ring (bicyclic) bond motifs is 9. The number of rotatable bonds is 13. The van der Waals surface area contributed by atoms with Crippen molar-refractivity contribution < 1.29 is 33.7 Å². The quantitative estimate of drug-likeness (QED) is 0.135. The molecule has 0 saturated heterocycles. The Hall–Kier alpha value is -3.97. The minimum atomic E-state index is -1.34. The van der Waals surface area contributed by atoms with Gasteiger partial charge in [0.1, 0.15) is 19.8 Å². The highest BCUT2D eigenvalue weighted by molar-refractivity contribution is 5.78. The molecule has 6 aliphatic rings. The normalized spacial score (nSPS) is 33.6. The van der Waals surface area contributed by atoms with Gasteiger partial charge in [0.15, 0.2) is 0 Å². The van der Waals surface area contributed by atoms with E-state index in [-0.39, 0.29) is 54.0 Å². The SMILES string of the molecule is CC(C)c1ccc2c(c1)CCC1CC(C)(C(=O)OCC(CO)(COC(=O)C3(C)CCC4(C)c5ccc(C(C)C)cc5CCC4C3)COC(=O)C3(C)CCC4(C)c5ccc(C(C)C)cc5CCC4C3)CCC21C. The summed E-state index contributed by atoms with van der Waals surface area (Å²) in [4.78, 5) is 43.8. The van der Waals surface area contributed by atoms with Crippen LogP contribution in [0.15, 0.2) is 54.6 Å². The molecule has 392 valence electrons. The lowest BCUT2D eigenvalue weighted by Crippen LogP contribution is -2.51. The van der Waals surface area contributed by atoms with E-state index in [0.29, 0.717) is 74.0 Å². The van der Waals surface area contributed by atoms with Gasteiger partial charge in [0.05, 0.1) is 28.3 Å². The second kappa shape index (κ2) is 19.3. The monoisotopic (exact) mass is 983 g/mol. The van der Waals surface area contributed by atoms with Crippen LogP contribution < -0.4 is 0 Å². The topological polar surface area (TPSA) is 99.1 Å². The number of carbonyl (C=O) groups excluding carboxylic acids is 3. The van der Waals surface area contributed by atoms with Crippen molar-refractivity contribution in [2.75, 3.05) is 26.4 Å². The van der Waals surface area contributed by atoms with Crippen molar-refractivity contribution in [1.29, 1.82) is 0 Å². The zero-order valence-electron chi connectivity index (χ0n) is 46.5. The number of hydrogen-bond donors (Lipinski definition) is 1. The second-order valence-electron chi connectivity index (χ2n) is 27.4. The number of aliphatic hydroxyl groups excluding tert-OH is 1. The van der Waals surface area contributed by atoms with Crippen LogP contribution in [-0.4, -0.2) is 49.4 Å². The number of esters is 3. The summed E-state index contributed by atoms with van der Waals surface area (Å²) in [6, 6.07) is 21.1. The van der Waals surface area contributed by atoms with E-state index in [2.05, 4.69) is 117 Å². The molecule has 7 nitrogen and oxygen atoms in total. The van der Waals surface area contributed by atoms with E-state index in [0.717, 1.165) is 57.8 Å². The van der Waals surface area contributed by atoms with Crippen LogP contribution in [0.2, 0.25) is 0 Å². The summed E-state index contributed by atoms with van der Waals surface area (Å²) in [6.45, 7) is 25.6. The van der Waals surface area contributed by atoms with Gasteiger partial charge in [0, 0.05) is 0 Å². The third-order valence-corrected chi connectivity index (χ3v) is 21.2. The fraction of sp³-hybridized carbons (Fsp3) is 0.677. The average Bonchev–Trinajstić information content (AvgIpc) is 3.36. The second-order valence-corrected chi connectivity index (χ2v) is 27.4. The van der Waals surface area contributed by atoms with Crippen molar-refractivity contribution in [1.82, 2.24) is 0 Å². The minimum absolute atomic E-state index is 0.0178. The predicted octanol–water partition coefficient (Wildman–Crippen LogP) is 14.1. The molecule has 0 aromatic heterocycles. The fourth-order valence-corrected chi connectivity index (χ4v) is 15.4. The van der Waals surface area contributed by atoms with E-state index in [1.807, 2.05) is 20.8 Å². The number of ether oxygens (including phenoxy) is 3. The molecule has 0 bridgehead atoms. The van der Waals surface area contributed by atoms with Gasteiger partial charge >= 0.3 is 17.9 Å². The highest BCUT2D eigenvalue weighted by atomic mass is 16.6. The highest BCUT2D eigenvalue weighted by Crippen LogP contribution is 2.59. The van der Waals surface area contributed by atoms with Gasteiger partial charge in [-0.25, -0.2) is 0 Å². The van der Waals surface area contributed by atoms with Crippen LogP contribution in [0.4, 0.5) is 0 Å². The molecule has 72 heavy (non-hydrogen) atoms. The standard InChI is InChI=1S/C65H90O7/c1-41(2)44-16-22-53-47(31-44)13-19-50-34-59(7,25-28-62(50,53)10)56(67)70-38-65(37-66,39-71-57(68)60(8)26-29-63(11)51(35-60)20-14-48-32-45(42(3)4)17-23-54(48)63)40-72-58(69)61(9)27-30-64(12)52(36-61)21-15-49-33-46(43(5)6)18-24-55(49)64/h16-18,22-24,31-33,41-43,50-52,66H,13-15,19-21,25-30,34-40H2,1-12H3. The van der Waals surface area contributed by atoms with Crippen molar-refractivity contribution in [3.8, 4) is 0 Å². The van der Waals surface area contributed by atoms with Gasteiger partial charge in [-0.3, -0.25) is 14.4 Å². The third kappa shape index (κ3) is 9.33. The summed E-state index contributed by atoms with van der Waals surface area (Å²) in [5.74, 6) is 1.52. The molecule has 3 aromatic rings. The summed E-state index contributed by atoms with van der Waals surface area (Å²) in [6.07, 6.45) is 12.9. The number of aryl methyl sites for hydroxylation is 3. The van der Waals surface area contributed by atoms with Crippen LogP contribution in [0, 0.1) is 39.4 Å². The van der Waals surface area contributed by atoms with Gasteiger partial charge in [-0.2, -0.15) is 0 Å². The van der Waals surface area contributed by atoms with E-state index in [4.69, 9.17) is 14.2 Å². The maximum Gasteiger partial charge on any atom is 0.311 e. The minimum Gasteiger partial charge on any atom is -0.464 e. The average molecular weight is 983 g/mol. The fourth-order valence-electron chi connectivity index (χ4n) is 15.4. The summed E-state index contributed by atoms with van der Waals surface area (Å²) in [7, 11) is 0. The molecular formula is C65H90O7. The zero-order chi connectivity index (χ0) is 51.8. The molecule has 6 aliphatic carbocycles. The molecule has 0 amide bonds. The summed E-state index contributed by atoms with van der Waals surface area (Å²) < 4.78 is 19.1. The van der Waals surface area contributed by atoms with Crippen molar-refractivity contribution in [2.45, 2.75) is 213 Å². The molecular weight excluding hydrogens is 893 g/mol. The molecule has 9 atom stereocenters. The van der Waals surface area contributed by atoms with Crippen LogP contribution in [0.1, 0.15) is 228 Å². The summed E-state index contributed by atoms with van der Waals surface area (Å²) in [5, 5.41) is 11.5. The van der Waals surface area contributed by atoms with Crippen LogP contribution in [-0.2, 0) is 64.1 Å². The maximum absolute atomic E-state index is 14.6. The molecule has 0 radical (unpaired) electrons. The van der Waals surface area contributed by atoms with Gasteiger partial charge in [0.2, 0.25) is 0 Å². The van der Waals surface area contributed by atoms with Gasteiger partial charge in [-0.15, -0.1) is 0 Å². The number of benzene rings is 3. The van der Waals surface area contributed by atoms with E-state index < -0.39 is 28.3 Å². The number of aliphatic hydroxyl groups is 1. The Balaban J connectivity index is 0.909. The molecule has 9 unspecified atom stereocenters. The first-order valence-electron chi connectivity index (χ1n) is 28.4. The molecule has 7 heteroatoms. The van der Waals surface area contributed by atoms with E-state index in [1.54, 1.807) is 0 Å². The van der Waals surface area contributed by atoms with E-state index in [9.17, 15) is 19.5 Å². The molecule has 3 aromatic carbocycles. The highest BCUT2D eigenvalue weighted by Gasteiger charge is 2.55. The summed E-state index contributed by atoms with van der Waals surface area (Å²) >= 11 is 0. The smallest absolute Gasteiger partial charge is 0.311 e. The van der Waals surface area contributed by atoms with Crippen molar-refractivity contribution in [2.24, 2.45) is 39.4 Å². The lowest BCUT2D eigenvalue weighted by molar-refractivity contribution is -0.181. The van der Waals surface area contributed by atoms with Gasteiger partial charge in [-0.05, 0) is 219 Å². The lowest BCUT2D eigenvalue weighted by atomic mass is 9.53. The Bertz CT molecular complexity index is 2280. The van der Waals surface area contributed by atoms with Crippen LogP contribution in [0.25, 0.3) is 0 Å². The molecule has 3 fully saturated rings. The van der Waals surface area contributed by atoms with Gasteiger partial charge in [0.25, 0.3) is 0 Å². The Labute approximate surface area is 433 Å². The van der Waals surface area contributed by atoms with Crippen LogP contribution >= 0.6 is 0 Å². The van der Waals surface area contributed by atoms with Crippen molar-refractivity contribution >= 4 is 17.9 Å². The van der Waals surface area contributed by atoms with Crippen LogP contribution in [0.3, 0.4) is 0 Å². The molecule has 0 heterocycles. The molecule has 9 rings (SSSR count). The molecule has 0 aliphatic heterocycles.